The second kappa shape index (κ2) is 7.62. The standard InChI is InChI=1S/C22H32N4O4S/c1-25-12-18(11-19(25)21(23)27)31(29,30)26-4-2-15(3-5-26)22(28)24-20-16-7-13-6-14(9-16)10-17(20)8-13/h11-17,20H,2-10H2,1H3,(H2,23,27)(H,24,28). The molecule has 170 valence electrons. The molecule has 0 unspecified atom stereocenters. The molecule has 2 amide bonds. The topological polar surface area (TPSA) is 114 Å². The third-order valence-corrected chi connectivity index (χ3v) is 10.1. The summed E-state index contributed by atoms with van der Waals surface area (Å²) in [6, 6.07) is 1.64. The normalized spacial score (nSPS) is 33.5. The Morgan fingerprint density at radius 3 is 2.13 bits per heavy atom. The van der Waals surface area contributed by atoms with E-state index in [4.69, 9.17) is 5.73 Å². The van der Waals surface area contributed by atoms with E-state index in [0.717, 1.165) is 11.8 Å². The van der Waals surface area contributed by atoms with E-state index in [2.05, 4.69) is 5.32 Å². The molecule has 5 aliphatic rings. The SMILES string of the molecule is Cn1cc(S(=O)(=O)N2CCC(C(=O)NC3C4CC5CC(C4)CC3C5)CC2)cc1C(N)=O. The molecule has 1 aromatic rings. The van der Waals surface area contributed by atoms with Gasteiger partial charge in [0.15, 0.2) is 0 Å². The molecule has 3 N–H and O–H groups in total. The average Bonchev–Trinajstić information content (AvgIpc) is 3.13. The molecule has 8 nitrogen and oxygen atoms in total. The van der Waals surface area contributed by atoms with E-state index in [0.29, 0.717) is 43.8 Å². The second-order valence-electron chi connectivity index (χ2n) is 10.2. The highest BCUT2D eigenvalue weighted by Crippen LogP contribution is 2.53. The van der Waals surface area contributed by atoms with Gasteiger partial charge in [-0.3, -0.25) is 9.59 Å². The molecule has 31 heavy (non-hydrogen) atoms. The van der Waals surface area contributed by atoms with Crippen molar-refractivity contribution in [3.63, 3.8) is 0 Å². The van der Waals surface area contributed by atoms with Crippen LogP contribution in [-0.2, 0) is 21.9 Å². The minimum atomic E-state index is -3.71. The lowest BCUT2D eigenvalue weighted by molar-refractivity contribution is -0.130. The maximum Gasteiger partial charge on any atom is 0.265 e. The molecule has 5 fully saturated rings. The number of sulfonamides is 1. The average molecular weight is 449 g/mol. The second-order valence-corrected chi connectivity index (χ2v) is 12.1. The van der Waals surface area contributed by atoms with Gasteiger partial charge in [0.05, 0.1) is 0 Å². The number of nitrogens with two attached hydrogens (primary N) is 1. The largest absolute Gasteiger partial charge is 0.364 e. The van der Waals surface area contributed by atoms with Crippen molar-refractivity contribution in [2.24, 2.45) is 42.4 Å². The van der Waals surface area contributed by atoms with Crippen molar-refractivity contribution >= 4 is 21.8 Å². The van der Waals surface area contributed by atoms with Crippen LogP contribution >= 0.6 is 0 Å². The zero-order valence-electron chi connectivity index (χ0n) is 18.0. The van der Waals surface area contributed by atoms with Gasteiger partial charge in [-0.25, -0.2) is 8.42 Å². The van der Waals surface area contributed by atoms with Gasteiger partial charge in [0.1, 0.15) is 10.6 Å². The van der Waals surface area contributed by atoms with Gasteiger partial charge in [-0.2, -0.15) is 4.31 Å². The van der Waals surface area contributed by atoms with Crippen molar-refractivity contribution in [1.29, 1.82) is 0 Å². The van der Waals surface area contributed by atoms with Gasteiger partial charge in [-0.1, -0.05) is 0 Å². The van der Waals surface area contributed by atoms with E-state index in [-0.39, 0.29) is 22.4 Å². The zero-order chi connectivity index (χ0) is 21.9. The number of carbonyl (C=O) groups is 2. The summed E-state index contributed by atoms with van der Waals surface area (Å²) >= 11 is 0. The Labute approximate surface area is 183 Å². The third-order valence-electron chi connectivity index (χ3n) is 8.23. The molecule has 1 saturated heterocycles. The van der Waals surface area contributed by atoms with Crippen molar-refractivity contribution in [3.8, 4) is 0 Å². The monoisotopic (exact) mass is 448 g/mol. The van der Waals surface area contributed by atoms with E-state index in [1.165, 1.54) is 53.2 Å². The van der Waals surface area contributed by atoms with Gasteiger partial charge >= 0.3 is 0 Å². The lowest BCUT2D eigenvalue weighted by Gasteiger charge is -2.54. The van der Waals surface area contributed by atoms with E-state index < -0.39 is 15.9 Å². The predicted molar refractivity (Wildman–Crippen MR) is 114 cm³/mol. The minimum absolute atomic E-state index is 0.0697. The molecule has 0 radical (unpaired) electrons. The number of hydrogen-bond acceptors (Lipinski definition) is 4. The lowest BCUT2D eigenvalue weighted by Crippen LogP contribution is -2.57. The van der Waals surface area contributed by atoms with E-state index in [1.54, 1.807) is 7.05 Å². The molecule has 1 aromatic heterocycles. The number of aryl methyl sites for hydroxylation is 1. The molecular weight excluding hydrogens is 416 g/mol. The van der Waals surface area contributed by atoms with E-state index >= 15 is 0 Å². The fourth-order valence-electron chi connectivity index (χ4n) is 6.87. The fraction of sp³-hybridized carbons (Fsp3) is 0.727. The molecule has 6 rings (SSSR count). The summed E-state index contributed by atoms with van der Waals surface area (Å²) in [6.07, 6.45) is 8.90. The van der Waals surface area contributed by atoms with Crippen LogP contribution in [0.2, 0.25) is 0 Å². The number of hydrogen-bond donors (Lipinski definition) is 2. The van der Waals surface area contributed by atoms with Crippen LogP contribution in [0.3, 0.4) is 0 Å². The van der Waals surface area contributed by atoms with E-state index in [1.807, 2.05) is 0 Å². The first-order valence-electron chi connectivity index (χ1n) is 11.5. The highest BCUT2D eigenvalue weighted by Gasteiger charge is 2.49. The van der Waals surface area contributed by atoms with Crippen LogP contribution in [0.1, 0.15) is 55.4 Å². The van der Waals surface area contributed by atoms with Crippen LogP contribution in [0.25, 0.3) is 0 Å². The number of aromatic nitrogens is 1. The van der Waals surface area contributed by atoms with Crippen LogP contribution in [0.4, 0.5) is 0 Å². The van der Waals surface area contributed by atoms with Gasteiger partial charge in [-0.05, 0) is 74.7 Å². The molecule has 9 heteroatoms. The number of nitrogens with one attached hydrogen (secondary N) is 1. The van der Waals surface area contributed by atoms with Crippen LogP contribution < -0.4 is 11.1 Å². The van der Waals surface area contributed by atoms with Gasteiger partial charge in [0.2, 0.25) is 15.9 Å². The summed E-state index contributed by atoms with van der Waals surface area (Å²) in [5.41, 5.74) is 5.46. The minimum Gasteiger partial charge on any atom is -0.364 e. The van der Waals surface area contributed by atoms with Crippen LogP contribution in [0, 0.1) is 29.6 Å². The Hall–Kier alpha value is -1.87. The maximum atomic E-state index is 13.0. The first kappa shape index (κ1) is 21.0. The number of primary amides is 1. The van der Waals surface area contributed by atoms with Gasteiger partial charge in [-0.15, -0.1) is 0 Å². The van der Waals surface area contributed by atoms with E-state index in [9.17, 15) is 18.0 Å². The van der Waals surface area contributed by atoms with Gasteiger partial charge in [0.25, 0.3) is 5.91 Å². The van der Waals surface area contributed by atoms with Crippen LogP contribution in [0.15, 0.2) is 17.2 Å². The molecule has 4 bridgehead atoms. The fourth-order valence-corrected chi connectivity index (χ4v) is 8.41. The van der Waals surface area contributed by atoms with Crippen LogP contribution in [0.5, 0.6) is 0 Å². The van der Waals surface area contributed by atoms with Crippen molar-refractivity contribution in [2.45, 2.75) is 55.9 Å². The van der Waals surface area contributed by atoms with Crippen LogP contribution in [-0.4, -0.2) is 48.2 Å². The first-order chi connectivity index (χ1) is 14.7. The first-order valence-corrected chi connectivity index (χ1v) is 12.9. The Bertz CT molecular complexity index is 965. The number of piperidine rings is 1. The lowest BCUT2D eigenvalue weighted by atomic mass is 9.54. The quantitative estimate of drug-likeness (QED) is 0.710. The van der Waals surface area contributed by atoms with Crippen molar-refractivity contribution < 1.29 is 18.0 Å². The van der Waals surface area contributed by atoms with Gasteiger partial charge in [0, 0.05) is 38.3 Å². The number of amides is 2. The number of rotatable bonds is 5. The highest BCUT2D eigenvalue weighted by atomic mass is 32.2. The summed E-state index contributed by atoms with van der Waals surface area (Å²) in [5, 5.41) is 3.38. The number of nitrogens with zero attached hydrogens (tertiary/aromatic N) is 2. The third kappa shape index (κ3) is 3.69. The molecule has 0 aromatic carbocycles. The van der Waals surface area contributed by atoms with Crippen molar-refractivity contribution in [1.82, 2.24) is 14.2 Å². The summed E-state index contributed by atoms with van der Waals surface area (Å²) in [4.78, 5) is 24.5. The molecule has 1 aliphatic heterocycles. The number of carbonyl (C=O) groups excluding carboxylic acids is 2. The molecule has 0 atom stereocenters. The zero-order valence-corrected chi connectivity index (χ0v) is 18.8. The van der Waals surface area contributed by atoms with Crippen molar-refractivity contribution in [2.75, 3.05) is 13.1 Å². The Kier molecular flexibility index (Phi) is 5.16. The van der Waals surface area contributed by atoms with Gasteiger partial charge < -0.3 is 15.6 Å². The Balaban J connectivity index is 1.20. The maximum absolute atomic E-state index is 13.0. The molecule has 4 aliphatic carbocycles. The Morgan fingerprint density at radius 1 is 1.03 bits per heavy atom. The molecule has 0 spiro atoms. The highest BCUT2D eigenvalue weighted by molar-refractivity contribution is 7.89. The Morgan fingerprint density at radius 2 is 1.61 bits per heavy atom. The summed E-state index contributed by atoms with van der Waals surface area (Å²) in [6.45, 7) is 0.617. The molecular formula is C22H32N4O4S. The smallest absolute Gasteiger partial charge is 0.265 e. The molecule has 4 saturated carbocycles. The molecule has 2 heterocycles. The summed E-state index contributed by atoms with van der Waals surface area (Å²) in [5.74, 6) is 2.32. The summed E-state index contributed by atoms with van der Waals surface area (Å²) in [7, 11) is -2.12. The van der Waals surface area contributed by atoms with Crippen molar-refractivity contribution in [3.05, 3.63) is 18.0 Å². The summed E-state index contributed by atoms with van der Waals surface area (Å²) < 4.78 is 28.8. The predicted octanol–water partition coefficient (Wildman–Crippen LogP) is 1.47.